The first-order chi connectivity index (χ1) is 4.88. The van der Waals surface area contributed by atoms with Gasteiger partial charge in [0.25, 0.3) is 0 Å². The third-order valence-electron chi connectivity index (χ3n) is 1.20. The van der Waals surface area contributed by atoms with Crippen LogP contribution in [0.25, 0.3) is 0 Å². The van der Waals surface area contributed by atoms with Gasteiger partial charge in [-0.15, -0.1) is 0 Å². The Morgan fingerprint density at radius 3 is 2.00 bits per heavy atom. The quantitative estimate of drug-likeness (QED) is 0.625. The smallest absolute Gasteiger partial charge is 0.370 e. The topological polar surface area (TPSA) is 69.1 Å². The Morgan fingerprint density at radius 2 is 1.91 bits per heavy atom. The average molecular weight is 170 g/mol. The highest BCUT2D eigenvalue weighted by Crippen LogP contribution is 2.27. The van der Waals surface area contributed by atoms with Gasteiger partial charge < -0.3 is 11.5 Å². The number of carbonyl (C=O) groups is 1. The molecule has 0 saturated carbocycles. The third kappa shape index (κ3) is 3.82. The summed E-state index contributed by atoms with van der Waals surface area (Å²) in [5.74, 6) is -2.79. The van der Waals surface area contributed by atoms with Crippen molar-refractivity contribution in [2.75, 3.05) is 6.54 Å². The van der Waals surface area contributed by atoms with Crippen molar-refractivity contribution in [3.63, 3.8) is 0 Å². The molecule has 4 N–H and O–H groups in total. The van der Waals surface area contributed by atoms with Crippen LogP contribution in [0.1, 0.15) is 6.42 Å². The molecule has 0 saturated heterocycles. The highest BCUT2D eigenvalue weighted by molar-refractivity contribution is 5.74. The molecule has 0 aliphatic carbocycles. The minimum absolute atomic E-state index is 0.605. The molecule has 0 aromatic rings. The molecule has 1 atom stereocenters. The first-order valence-corrected chi connectivity index (χ1v) is 2.93. The first kappa shape index (κ1) is 10.2. The second-order valence-corrected chi connectivity index (χ2v) is 2.14. The molecule has 0 fully saturated rings. The minimum Gasteiger partial charge on any atom is -0.370 e. The Balaban J connectivity index is 4.07. The van der Waals surface area contributed by atoms with Gasteiger partial charge in [0.2, 0.25) is 5.91 Å². The van der Waals surface area contributed by atoms with Crippen LogP contribution >= 0.6 is 0 Å². The van der Waals surface area contributed by atoms with E-state index in [1.807, 2.05) is 0 Å². The molecule has 0 aromatic heterocycles. The number of alkyl halides is 3. The van der Waals surface area contributed by atoms with Gasteiger partial charge in [0.05, 0.1) is 5.92 Å². The second-order valence-electron chi connectivity index (χ2n) is 2.14. The van der Waals surface area contributed by atoms with Crippen LogP contribution in [-0.2, 0) is 4.79 Å². The van der Waals surface area contributed by atoms with Gasteiger partial charge >= 0.3 is 6.18 Å². The van der Waals surface area contributed by atoms with E-state index >= 15 is 0 Å². The van der Waals surface area contributed by atoms with Gasteiger partial charge in [-0.3, -0.25) is 4.79 Å². The maximum atomic E-state index is 11.8. The summed E-state index contributed by atoms with van der Waals surface area (Å²) in [6.45, 7) is -0.605. The highest BCUT2D eigenvalue weighted by atomic mass is 19.4. The van der Waals surface area contributed by atoms with Crippen molar-refractivity contribution >= 4 is 5.91 Å². The van der Waals surface area contributed by atoms with Gasteiger partial charge in [-0.2, -0.15) is 13.2 Å². The van der Waals surface area contributed by atoms with E-state index in [-0.39, 0.29) is 0 Å². The second kappa shape index (κ2) is 3.56. The van der Waals surface area contributed by atoms with Crippen molar-refractivity contribution in [3.05, 3.63) is 0 Å². The molecule has 6 heteroatoms. The standard InChI is InChI=1S/C5H9F3N2O/c6-5(7,8)3(2-9)1-4(10)11/h3H,1-2,9H2,(H2,10,11). The van der Waals surface area contributed by atoms with Gasteiger partial charge in [0.1, 0.15) is 0 Å². The summed E-state index contributed by atoms with van der Waals surface area (Å²) in [4.78, 5) is 10.1. The number of hydrogen-bond donors (Lipinski definition) is 2. The summed E-state index contributed by atoms with van der Waals surface area (Å²) in [6.07, 6.45) is -5.16. The number of rotatable bonds is 3. The number of halogens is 3. The Kier molecular flexibility index (Phi) is 3.31. The molecule has 0 aliphatic heterocycles. The van der Waals surface area contributed by atoms with Crippen LogP contribution in [-0.4, -0.2) is 18.6 Å². The lowest BCUT2D eigenvalue weighted by Gasteiger charge is -2.15. The number of amides is 1. The molecule has 0 radical (unpaired) electrons. The molecule has 11 heavy (non-hydrogen) atoms. The van der Waals surface area contributed by atoms with Crippen molar-refractivity contribution in [2.24, 2.45) is 17.4 Å². The van der Waals surface area contributed by atoms with E-state index in [0.29, 0.717) is 0 Å². The summed E-state index contributed by atoms with van der Waals surface area (Å²) >= 11 is 0. The van der Waals surface area contributed by atoms with E-state index in [1.54, 1.807) is 0 Å². The van der Waals surface area contributed by atoms with Crippen LogP contribution in [0.3, 0.4) is 0 Å². The molecule has 0 rings (SSSR count). The number of primary amides is 1. The van der Waals surface area contributed by atoms with Crippen LogP contribution in [0.5, 0.6) is 0 Å². The maximum absolute atomic E-state index is 11.8. The van der Waals surface area contributed by atoms with E-state index in [0.717, 1.165) is 0 Å². The highest BCUT2D eigenvalue weighted by Gasteiger charge is 2.39. The lowest BCUT2D eigenvalue weighted by molar-refractivity contribution is -0.175. The van der Waals surface area contributed by atoms with Crippen LogP contribution in [0, 0.1) is 5.92 Å². The Labute approximate surface area is 61.5 Å². The predicted octanol–water partition coefficient (Wildman–Crippen LogP) is -0.00100. The normalized spacial score (nSPS) is 14.5. The first-order valence-electron chi connectivity index (χ1n) is 2.93. The number of carbonyl (C=O) groups excluding carboxylic acids is 1. The van der Waals surface area contributed by atoms with E-state index in [9.17, 15) is 18.0 Å². The molecule has 0 bridgehead atoms. The fourth-order valence-corrected chi connectivity index (χ4v) is 0.576. The van der Waals surface area contributed by atoms with Gasteiger partial charge in [0, 0.05) is 13.0 Å². The van der Waals surface area contributed by atoms with Gasteiger partial charge in [-0.1, -0.05) is 0 Å². The maximum Gasteiger partial charge on any atom is 0.393 e. The fourth-order valence-electron chi connectivity index (χ4n) is 0.576. The molecule has 1 unspecified atom stereocenters. The molecule has 0 aromatic carbocycles. The third-order valence-corrected chi connectivity index (χ3v) is 1.20. The Morgan fingerprint density at radius 1 is 1.45 bits per heavy atom. The Bertz CT molecular complexity index is 145. The summed E-state index contributed by atoms with van der Waals surface area (Å²) in [5.41, 5.74) is 9.35. The molecule has 0 aliphatic rings. The van der Waals surface area contributed by atoms with Crippen molar-refractivity contribution in [2.45, 2.75) is 12.6 Å². The molecular formula is C5H9F3N2O. The Hall–Kier alpha value is -0.780. The van der Waals surface area contributed by atoms with Gasteiger partial charge in [-0.25, -0.2) is 0 Å². The van der Waals surface area contributed by atoms with Crippen molar-refractivity contribution < 1.29 is 18.0 Å². The molecule has 3 nitrogen and oxygen atoms in total. The molecule has 0 heterocycles. The monoisotopic (exact) mass is 170 g/mol. The molecule has 0 spiro atoms. The molecule has 66 valence electrons. The lowest BCUT2D eigenvalue weighted by Crippen LogP contribution is -2.33. The summed E-state index contributed by atoms with van der Waals surface area (Å²) in [7, 11) is 0. The summed E-state index contributed by atoms with van der Waals surface area (Å²) in [5, 5.41) is 0. The van der Waals surface area contributed by atoms with E-state index in [4.69, 9.17) is 5.73 Å². The summed E-state index contributed by atoms with van der Waals surface area (Å²) in [6, 6.07) is 0. The summed E-state index contributed by atoms with van der Waals surface area (Å²) < 4.78 is 35.4. The van der Waals surface area contributed by atoms with E-state index in [2.05, 4.69) is 5.73 Å². The zero-order chi connectivity index (χ0) is 9.07. The van der Waals surface area contributed by atoms with Crippen LogP contribution in [0.15, 0.2) is 0 Å². The number of nitrogens with two attached hydrogens (primary N) is 2. The predicted molar refractivity (Wildman–Crippen MR) is 32.4 cm³/mol. The van der Waals surface area contributed by atoms with Crippen molar-refractivity contribution in [1.82, 2.24) is 0 Å². The van der Waals surface area contributed by atoms with Crippen molar-refractivity contribution in [1.29, 1.82) is 0 Å². The zero-order valence-corrected chi connectivity index (χ0v) is 5.69. The number of hydrogen-bond acceptors (Lipinski definition) is 2. The van der Waals surface area contributed by atoms with Crippen LogP contribution < -0.4 is 11.5 Å². The SMILES string of the molecule is NCC(CC(N)=O)C(F)(F)F. The van der Waals surface area contributed by atoms with Gasteiger partial charge in [0.15, 0.2) is 0 Å². The fraction of sp³-hybridized carbons (Fsp3) is 0.800. The zero-order valence-electron chi connectivity index (χ0n) is 5.69. The van der Waals surface area contributed by atoms with Crippen LogP contribution in [0.2, 0.25) is 0 Å². The average Bonchev–Trinajstić information content (AvgIpc) is 1.79. The lowest BCUT2D eigenvalue weighted by atomic mass is 10.1. The molecule has 1 amide bonds. The van der Waals surface area contributed by atoms with Gasteiger partial charge in [-0.05, 0) is 0 Å². The minimum atomic E-state index is -4.43. The largest absolute Gasteiger partial charge is 0.393 e. The van der Waals surface area contributed by atoms with Crippen LogP contribution in [0.4, 0.5) is 13.2 Å². The van der Waals surface area contributed by atoms with E-state index < -0.39 is 31.0 Å². The van der Waals surface area contributed by atoms with E-state index in [1.165, 1.54) is 0 Å². The van der Waals surface area contributed by atoms with Crippen molar-refractivity contribution in [3.8, 4) is 0 Å². The molecular weight excluding hydrogens is 161 g/mol.